The number of esters is 1. The smallest absolute Gasteiger partial charge is 0.309 e. The van der Waals surface area contributed by atoms with Gasteiger partial charge in [-0.25, -0.2) is 0 Å². The van der Waals surface area contributed by atoms with Gasteiger partial charge in [0.05, 0.1) is 20.1 Å². The minimum absolute atomic E-state index is 0.205. The van der Waals surface area contributed by atoms with E-state index in [2.05, 4.69) is 11.7 Å². The molecule has 0 saturated heterocycles. The van der Waals surface area contributed by atoms with Crippen LogP contribution in [-0.4, -0.2) is 31.1 Å². The van der Waals surface area contributed by atoms with Gasteiger partial charge < -0.3 is 19.4 Å². The van der Waals surface area contributed by atoms with Gasteiger partial charge in [-0.2, -0.15) is 0 Å². The highest BCUT2D eigenvalue weighted by Crippen LogP contribution is 2.33. The van der Waals surface area contributed by atoms with Crippen LogP contribution >= 0.6 is 11.6 Å². The molecule has 0 aliphatic rings. The molecule has 2 aromatic carbocycles. The van der Waals surface area contributed by atoms with Crippen LogP contribution in [0.15, 0.2) is 30.3 Å². The molecule has 1 N–H and O–H groups in total. The molecule has 0 bridgehead atoms. The zero-order valence-electron chi connectivity index (χ0n) is 19.0. The van der Waals surface area contributed by atoms with Crippen molar-refractivity contribution in [3.8, 4) is 11.5 Å². The molecule has 2 aromatic rings. The molecule has 174 valence electrons. The second-order valence-corrected chi connectivity index (χ2v) is 8.25. The maximum absolute atomic E-state index is 11.4. The van der Waals surface area contributed by atoms with Crippen molar-refractivity contribution in [1.82, 2.24) is 0 Å². The van der Waals surface area contributed by atoms with Crippen molar-refractivity contribution in [1.29, 1.82) is 0 Å². The molecule has 5 nitrogen and oxygen atoms in total. The lowest BCUT2D eigenvalue weighted by Crippen LogP contribution is -2.05. The number of ether oxygens (including phenoxy) is 2. The monoisotopic (exact) mass is 460 g/mol. The van der Waals surface area contributed by atoms with Crippen molar-refractivity contribution >= 4 is 23.9 Å². The first-order valence-electron chi connectivity index (χ1n) is 11.2. The predicted octanol–water partition coefficient (Wildman–Crippen LogP) is 5.64. The van der Waals surface area contributed by atoms with Crippen LogP contribution in [0, 0.1) is 0 Å². The second kappa shape index (κ2) is 13.8. The first-order valence-corrected chi connectivity index (χ1v) is 11.6. The average Bonchev–Trinajstić information content (AvgIpc) is 2.78. The van der Waals surface area contributed by atoms with E-state index in [4.69, 9.17) is 16.3 Å². The molecule has 32 heavy (non-hydrogen) atoms. The average molecular weight is 461 g/mol. The third kappa shape index (κ3) is 7.86. The number of aryl methyl sites for hydroxylation is 2. The molecule has 0 fully saturated rings. The molecular formula is C26H33ClO5. The number of carbonyl (C=O) groups excluding carboxylic acids is 2. The van der Waals surface area contributed by atoms with Gasteiger partial charge in [0.15, 0.2) is 0 Å². The fourth-order valence-electron chi connectivity index (χ4n) is 3.63. The van der Waals surface area contributed by atoms with Crippen LogP contribution in [0.3, 0.4) is 0 Å². The normalized spacial score (nSPS) is 10.7. The molecule has 0 unspecified atom stereocenters. The maximum atomic E-state index is 11.4. The van der Waals surface area contributed by atoms with Crippen LogP contribution in [0.2, 0.25) is 5.02 Å². The summed E-state index contributed by atoms with van der Waals surface area (Å²) in [5, 5.41) is 11.4. The summed E-state index contributed by atoms with van der Waals surface area (Å²) in [5.74, 6) is 0.751. The van der Waals surface area contributed by atoms with Crippen LogP contribution in [-0.2, 0) is 40.0 Å². The molecule has 0 atom stereocenters. The molecule has 0 heterocycles. The highest BCUT2D eigenvalue weighted by molar-refractivity contribution is 6.31. The third-order valence-corrected chi connectivity index (χ3v) is 5.73. The number of phenolic OH excluding ortho intramolecular Hbond substituents is 1. The van der Waals surface area contributed by atoms with Crippen molar-refractivity contribution in [2.75, 3.05) is 13.7 Å². The molecule has 0 radical (unpaired) electrons. The van der Waals surface area contributed by atoms with Crippen LogP contribution in [0.1, 0.15) is 61.3 Å². The van der Waals surface area contributed by atoms with E-state index >= 15 is 0 Å². The van der Waals surface area contributed by atoms with Gasteiger partial charge in [-0.1, -0.05) is 43.1 Å². The molecule has 0 aromatic heterocycles. The number of hydrogen-bond donors (Lipinski definition) is 1. The molecule has 0 saturated carbocycles. The van der Waals surface area contributed by atoms with Crippen molar-refractivity contribution in [2.45, 2.75) is 64.7 Å². The first kappa shape index (κ1) is 25.7. The Labute approximate surface area is 195 Å². The summed E-state index contributed by atoms with van der Waals surface area (Å²) in [6.45, 7) is 2.58. The number of benzene rings is 2. The Morgan fingerprint density at radius 1 is 1.06 bits per heavy atom. The number of halogens is 1. The van der Waals surface area contributed by atoms with Crippen molar-refractivity contribution in [3.63, 3.8) is 0 Å². The highest BCUT2D eigenvalue weighted by atomic mass is 35.5. The number of unbranched alkanes of at least 4 members (excludes halogenated alkanes) is 2. The van der Waals surface area contributed by atoms with E-state index in [1.165, 1.54) is 7.11 Å². The first-order chi connectivity index (χ1) is 15.5. The molecule has 0 spiro atoms. The Morgan fingerprint density at radius 2 is 1.81 bits per heavy atom. The summed E-state index contributed by atoms with van der Waals surface area (Å²) >= 11 is 6.37. The molecule has 0 aliphatic heterocycles. The van der Waals surface area contributed by atoms with Crippen LogP contribution in [0.25, 0.3) is 0 Å². The number of methoxy groups -OCH3 is 1. The lowest BCUT2D eigenvalue weighted by Gasteiger charge is -2.16. The lowest BCUT2D eigenvalue weighted by molar-refractivity contribution is -0.139. The fourth-order valence-corrected chi connectivity index (χ4v) is 3.92. The van der Waals surface area contributed by atoms with E-state index < -0.39 is 0 Å². The zero-order chi connectivity index (χ0) is 23.3. The minimum Gasteiger partial charge on any atom is -0.507 e. The van der Waals surface area contributed by atoms with Gasteiger partial charge >= 0.3 is 5.97 Å². The van der Waals surface area contributed by atoms with Crippen molar-refractivity contribution in [2.24, 2.45) is 0 Å². The van der Waals surface area contributed by atoms with Crippen molar-refractivity contribution in [3.05, 3.63) is 57.6 Å². The van der Waals surface area contributed by atoms with Crippen LogP contribution in [0.5, 0.6) is 11.5 Å². The highest BCUT2D eigenvalue weighted by Gasteiger charge is 2.13. The summed E-state index contributed by atoms with van der Waals surface area (Å²) in [6.07, 6.45) is 7.33. The standard InChI is InChI=1S/C26H33ClO5/c1-3-8-22-24(14-13-21(26(22)30)9-5-4-6-15-28)32-16-7-10-20-12-11-19(17-23(20)27)18-25(29)31-2/h11-15,17,30H,3-10,16,18H2,1-2H3. The van der Waals surface area contributed by atoms with Crippen LogP contribution in [0.4, 0.5) is 0 Å². The number of aldehydes is 1. The van der Waals surface area contributed by atoms with Gasteiger partial charge in [0, 0.05) is 17.0 Å². The summed E-state index contributed by atoms with van der Waals surface area (Å²) in [4.78, 5) is 21.9. The number of carbonyl (C=O) groups is 2. The third-order valence-electron chi connectivity index (χ3n) is 5.38. The SMILES string of the molecule is CCCc1c(OCCCc2ccc(CC(=O)OC)cc2Cl)ccc(CCCCC=O)c1O. The Morgan fingerprint density at radius 3 is 2.50 bits per heavy atom. The Hall–Kier alpha value is -2.53. The fraction of sp³-hybridized carbons (Fsp3) is 0.462. The van der Waals surface area contributed by atoms with Crippen molar-refractivity contribution < 1.29 is 24.2 Å². The summed E-state index contributed by atoms with van der Waals surface area (Å²) in [5.41, 5.74) is 3.59. The van der Waals surface area contributed by atoms with Crippen LogP contribution < -0.4 is 4.74 Å². The number of phenols is 1. The molecule has 6 heteroatoms. The Balaban J connectivity index is 1.93. The predicted molar refractivity (Wildman–Crippen MR) is 127 cm³/mol. The largest absolute Gasteiger partial charge is 0.507 e. The molecular weight excluding hydrogens is 428 g/mol. The van der Waals surface area contributed by atoms with Gasteiger partial charge in [0.1, 0.15) is 17.8 Å². The summed E-state index contributed by atoms with van der Waals surface area (Å²) < 4.78 is 10.7. The van der Waals surface area contributed by atoms with E-state index in [1.807, 2.05) is 24.3 Å². The quantitative estimate of drug-likeness (QED) is 0.224. The second-order valence-electron chi connectivity index (χ2n) is 7.84. The topological polar surface area (TPSA) is 72.8 Å². The van der Waals surface area contributed by atoms with E-state index in [1.54, 1.807) is 6.07 Å². The Kier molecular flexibility index (Phi) is 11.1. The van der Waals surface area contributed by atoms with E-state index in [9.17, 15) is 14.7 Å². The van der Waals surface area contributed by atoms with Gasteiger partial charge in [-0.3, -0.25) is 4.79 Å². The summed E-state index contributed by atoms with van der Waals surface area (Å²) in [7, 11) is 1.37. The number of aromatic hydroxyl groups is 1. The summed E-state index contributed by atoms with van der Waals surface area (Å²) in [6, 6.07) is 9.49. The molecule has 0 amide bonds. The number of rotatable bonds is 14. The zero-order valence-corrected chi connectivity index (χ0v) is 19.7. The number of hydrogen-bond acceptors (Lipinski definition) is 5. The molecule has 0 aliphatic carbocycles. The van der Waals surface area contributed by atoms with Gasteiger partial charge in [-0.05, 0) is 67.3 Å². The molecule has 2 rings (SSSR count). The lowest BCUT2D eigenvalue weighted by atomic mass is 9.99. The Bertz CT molecular complexity index is 894. The van der Waals surface area contributed by atoms with E-state index in [0.29, 0.717) is 23.8 Å². The van der Waals surface area contributed by atoms with Gasteiger partial charge in [0.2, 0.25) is 0 Å². The van der Waals surface area contributed by atoms with Gasteiger partial charge in [0.25, 0.3) is 0 Å². The van der Waals surface area contributed by atoms with E-state index in [-0.39, 0.29) is 12.4 Å². The maximum Gasteiger partial charge on any atom is 0.309 e. The minimum atomic E-state index is -0.291. The van der Waals surface area contributed by atoms with Gasteiger partial charge in [-0.15, -0.1) is 0 Å². The van der Waals surface area contributed by atoms with E-state index in [0.717, 1.165) is 79.2 Å².